The van der Waals surface area contributed by atoms with Crippen molar-refractivity contribution in [3.05, 3.63) is 17.0 Å². The van der Waals surface area contributed by atoms with Gasteiger partial charge < -0.3 is 0 Å². The zero-order valence-electron chi connectivity index (χ0n) is 11.0. The number of nitrogens with two attached hydrogens (primary N) is 1. The van der Waals surface area contributed by atoms with Crippen molar-refractivity contribution in [2.45, 2.75) is 38.4 Å². The minimum Gasteiger partial charge on any atom is -0.294 e. The molecule has 0 unspecified atom stereocenters. The molecule has 2 aromatic rings. The first-order valence-electron chi connectivity index (χ1n) is 5.90. The van der Waals surface area contributed by atoms with Crippen LogP contribution in [0, 0.1) is 0 Å². The Hall–Kier alpha value is -1.25. The summed E-state index contributed by atoms with van der Waals surface area (Å²) in [6, 6.07) is 1.92. The molecule has 0 aliphatic rings. The number of thiophene rings is 1. The lowest BCUT2D eigenvalue weighted by Gasteiger charge is -2.12. The molecule has 0 aliphatic heterocycles. The zero-order chi connectivity index (χ0) is 14.2. The molecular formula is C11H16N4O2S2. The lowest BCUT2D eigenvalue weighted by atomic mass is 10.2. The second-order valence-electron chi connectivity index (χ2n) is 4.44. The smallest absolute Gasteiger partial charge is 0.273 e. The van der Waals surface area contributed by atoms with Gasteiger partial charge in [0, 0.05) is 6.04 Å². The first-order valence-corrected chi connectivity index (χ1v) is 8.33. The van der Waals surface area contributed by atoms with Crippen LogP contribution in [-0.2, 0) is 16.4 Å². The number of aryl methyl sites for hydroxylation is 1. The highest BCUT2D eigenvalue weighted by Gasteiger charge is 2.25. The van der Waals surface area contributed by atoms with E-state index in [0.717, 1.165) is 16.9 Å². The summed E-state index contributed by atoms with van der Waals surface area (Å²) >= 11 is 1.52. The molecule has 8 heteroatoms. The molecular weight excluding hydrogens is 284 g/mol. The van der Waals surface area contributed by atoms with Gasteiger partial charge in [-0.2, -0.15) is 0 Å². The number of primary sulfonamides is 1. The van der Waals surface area contributed by atoms with Crippen LogP contribution in [0.1, 0.15) is 32.4 Å². The maximum Gasteiger partial charge on any atom is 0.273 e. The Morgan fingerprint density at radius 3 is 2.63 bits per heavy atom. The van der Waals surface area contributed by atoms with Gasteiger partial charge in [0.2, 0.25) is 0 Å². The van der Waals surface area contributed by atoms with Gasteiger partial charge in [-0.3, -0.25) is 4.57 Å². The average molecular weight is 300 g/mol. The number of hydrogen-bond acceptors (Lipinski definition) is 5. The number of nitrogens with zero attached hydrogens (tertiary/aromatic N) is 3. The second-order valence-corrected chi connectivity index (χ2v) is 6.81. The van der Waals surface area contributed by atoms with Crippen LogP contribution < -0.4 is 5.14 Å². The Balaban J connectivity index is 2.69. The number of hydrogen-bond donors (Lipinski definition) is 1. The summed E-state index contributed by atoms with van der Waals surface area (Å²) in [7, 11) is -3.87. The molecule has 6 nitrogen and oxygen atoms in total. The van der Waals surface area contributed by atoms with Crippen LogP contribution in [-0.4, -0.2) is 23.2 Å². The lowest BCUT2D eigenvalue weighted by molar-refractivity contribution is 0.525. The van der Waals surface area contributed by atoms with Crippen LogP contribution >= 0.6 is 11.3 Å². The minimum atomic E-state index is -3.87. The molecule has 0 radical (unpaired) electrons. The number of rotatable bonds is 4. The normalized spacial score (nSPS) is 12.3. The number of aromatic nitrogens is 3. The Morgan fingerprint density at radius 1 is 1.42 bits per heavy atom. The highest BCUT2D eigenvalue weighted by molar-refractivity contribution is 7.89. The van der Waals surface area contributed by atoms with E-state index in [1.54, 1.807) is 4.57 Å². The molecule has 2 N–H and O–H groups in total. The van der Waals surface area contributed by atoms with Gasteiger partial charge in [0.1, 0.15) is 0 Å². The van der Waals surface area contributed by atoms with Crippen molar-refractivity contribution in [3.8, 4) is 10.7 Å². The Morgan fingerprint density at radius 2 is 2.11 bits per heavy atom. The SMILES string of the molecule is CCc1ccsc1-c1nnc(S(N)(=O)=O)n1C(C)C. The van der Waals surface area contributed by atoms with Crippen molar-refractivity contribution in [3.63, 3.8) is 0 Å². The van der Waals surface area contributed by atoms with E-state index in [-0.39, 0.29) is 11.2 Å². The second kappa shape index (κ2) is 5.03. The van der Waals surface area contributed by atoms with Gasteiger partial charge in [-0.1, -0.05) is 6.92 Å². The molecule has 0 saturated carbocycles. The third-order valence-electron chi connectivity index (χ3n) is 2.77. The topological polar surface area (TPSA) is 90.9 Å². The Labute approximate surface area is 116 Å². The highest BCUT2D eigenvalue weighted by atomic mass is 32.2. The Bertz CT molecular complexity index is 685. The van der Waals surface area contributed by atoms with Crippen LogP contribution in [0.4, 0.5) is 0 Å². The summed E-state index contributed by atoms with van der Waals surface area (Å²) in [5.41, 5.74) is 1.13. The predicted molar refractivity (Wildman–Crippen MR) is 74.5 cm³/mol. The molecule has 0 bridgehead atoms. The van der Waals surface area contributed by atoms with Crippen LogP contribution in [0.2, 0.25) is 0 Å². The maximum absolute atomic E-state index is 11.6. The maximum atomic E-state index is 11.6. The molecule has 2 rings (SSSR count). The van der Waals surface area contributed by atoms with E-state index in [9.17, 15) is 8.42 Å². The molecule has 19 heavy (non-hydrogen) atoms. The van der Waals surface area contributed by atoms with Gasteiger partial charge in [-0.25, -0.2) is 13.6 Å². The molecule has 2 aromatic heterocycles. The summed E-state index contributed by atoms with van der Waals surface area (Å²) in [5.74, 6) is 0.561. The van der Waals surface area contributed by atoms with Gasteiger partial charge in [0.05, 0.1) is 4.88 Å². The van der Waals surface area contributed by atoms with Gasteiger partial charge >= 0.3 is 0 Å². The molecule has 0 spiro atoms. The number of sulfonamides is 1. The summed E-state index contributed by atoms with van der Waals surface area (Å²) in [5, 5.41) is 14.7. The fourth-order valence-corrected chi connectivity index (χ4v) is 3.60. The van der Waals surface area contributed by atoms with Crippen LogP contribution in [0.25, 0.3) is 10.7 Å². The van der Waals surface area contributed by atoms with Gasteiger partial charge in [-0.05, 0) is 37.3 Å². The van der Waals surface area contributed by atoms with Crippen molar-refractivity contribution >= 4 is 21.4 Å². The summed E-state index contributed by atoms with van der Waals surface area (Å²) < 4.78 is 24.7. The zero-order valence-corrected chi connectivity index (χ0v) is 12.6. The van der Waals surface area contributed by atoms with E-state index in [0.29, 0.717) is 5.82 Å². The molecule has 0 aromatic carbocycles. The lowest BCUT2D eigenvalue weighted by Crippen LogP contribution is -2.20. The van der Waals surface area contributed by atoms with E-state index in [1.165, 1.54) is 11.3 Å². The minimum absolute atomic E-state index is 0.0925. The van der Waals surface area contributed by atoms with E-state index >= 15 is 0 Å². The van der Waals surface area contributed by atoms with Crippen molar-refractivity contribution in [2.24, 2.45) is 5.14 Å². The molecule has 2 heterocycles. The van der Waals surface area contributed by atoms with Gasteiger partial charge in [0.15, 0.2) is 5.82 Å². The standard InChI is InChI=1S/C11H16N4O2S2/c1-4-8-5-6-18-9(8)10-13-14-11(19(12,16)17)15(10)7(2)3/h5-7H,4H2,1-3H3,(H2,12,16,17). The van der Waals surface area contributed by atoms with Crippen LogP contribution in [0.5, 0.6) is 0 Å². The quantitative estimate of drug-likeness (QED) is 0.932. The highest BCUT2D eigenvalue weighted by Crippen LogP contribution is 2.31. The van der Waals surface area contributed by atoms with E-state index < -0.39 is 10.0 Å². The van der Waals surface area contributed by atoms with Gasteiger partial charge in [-0.15, -0.1) is 21.5 Å². The molecule has 0 aliphatic carbocycles. The third kappa shape index (κ3) is 2.56. The van der Waals surface area contributed by atoms with Crippen molar-refractivity contribution in [1.82, 2.24) is 14.8 Å². The van der Waals surface area contributed by atoms with E-state index in [4.69, 9.17) is 5.14 Å². The summed E-state index contributed by atoms with van der Waals surface area (Å²) in [6.45, 7) is 5.80. The molecule has 0 amide bonds. The molecule has 0 atom stereocenters. The largest absolute Gasteiger partial charge is 0.294 e. The molecule has 0 fully saturated rings. The average Bonchev–Trinajstić information content (AvgIpc) is 2.93. The first kappa shape index (κ1) is 14.2. The fraction of sp³-hybridized carbons (Fsp3) is 0.455. The Kier molecular flexibility index (Phi) is 3.75. The monoisotopic (exact) mass is 300 g/mol. The fourth-order valence-electron chi connectivity index (χ4n) is 1.90. The van der Waals surface area contributed by atoms with Crippen LogP contribution in [0.3, 0.4) is 0 Å². The summed E-state index contributed by atoms with van der Waals surface area (Å²) in [6.07, 6.45) is 0.856. The van der Waals surface area contributed by atoms with Crippen molar-refractivity contribution in [2.75, 3.05) is 0 Å². The van der Waals surface area contributed by atoms with Crippen molar-refractivity contribution in [1.29, 1.82) is 0 Å². The van der Waals surface area contributed by atoms with E-state index in [2.05, 4.69) is 10.2 Å². The van der Waals surface area contributed by atoms with Crippen LogP contribution in [0.15, 0.2) is 16.6 Å². The van der Waals surface area contributed by atoms with E-state index in [1.807, 2.05) is 32.2 Å². The first-order chi connectivity index (χ1) is 8.86. The molecule has 0 saturated heterocycles. The van der Waals surface area contributed by atoms with Crippen molar-refractivity contribution < 1.29 is 8.42 Å². The summed E-state index contributed by atoms with van der Waals surface area (Å²) in [4.78, 5) is 0.943. The van der Waals surface area contributed by atoms with Gasteiger partial charge in [0.25, 0.3) is 15.2 Å². The molecule has 104 valence electrons. The third-order valence-corrected chi connectivity index (χ3v) is 4.51. The predicted octanol–water partition coefficient (Wildman–Crippen LogP) is 1.80.